The number of hydrogen-bond donors (Lipinski definition) is 2. The fourth-order valence-corrected chi connectivity index (χ4v) is 2.13. The molecular formula is C18H22N2O. The maximum atomic E-state index is 12.0. The van der Waals surface area contributed by atoms with Gasteiger partial charge in [-0.3, -0.25) is 0 Å². The lowest BCUT2D eigenvalue weighted by Crippen LogP contribution is -2.28. The van der Waals surface area contributed by atoms with Crippen molar-refractivity contribution in [2.24, 2.45) is 0 Å². The first-order chi connectivity index (χ1) is 10.1. The summed E-state index contributed by atoms with van der Waals surface area (Å²) in [4.78, 5) is 12.0. The Labute approximate surface area is 126 Å². The Hall–Kier alpha value is -2.29. The zero-order valence-electron chi connectivity index (χ0n) is 12.8. The van der Waals surface area contributed by atoms with Crippen LogP contribution in [0.1, 0.15) is 36.5 Å². The third-order valence-electron chi connectivity index (χ3n) is 3.51. The van der Waals surface area contributed by atoms with E-state index in [1.807, 2.05) is 49.4 Å². The molecule has 0 aromatic heterocycles. The summed E-state index contributed by atoms with van der Waals surface area (Å²) in [5.74, 6) is 0.446. The van der Waals surface area contributed by atoms with Crippen LogP contribution >= 0.6 is 0 Å². The molecule has 0 aliphatic carbocycles. The van der Waals surface area contributed by atoms with Crippen molar-refractivity contribution in [2.45, 2.75) is 33.2 Å². The lowest BCUT2D eigenvalue weighted by Gasteiger charge is -2.11. The minimum absolute atomic E-state index is 0.181. The molecule has 110 valence electrons. The van der Waals surface area contributed by atoms with Crippen LogP contribution in [0.4, 0.5) is 10.5 Å². The second-order valence-electron chi connectivity index (χ2n) is 5.51. The highest BCUT2D eigenvalue weighted by atomic mass is 16.2. The summed E-state index contributed by atoms with van der Waals surface area (Å²) < 4.78 is 0. The second kappa shape index (κ2) is 6.93. The van der Waals surface area contributed by atoms with Crippen molar-refractivity contribution in [1.29, 1.82) is 0 Å². The molecule has 0 saturated carbocycles. The summed E-state index contributed by atoms with van der Waals surface area (Å²) >= 11 is 0. The van der Waals surface area contributed by atoms with Gasteiger partial charge in [-0.15, -0.1) is 0 Å². The third-order valence-corrected chi connectivity index (χ3v) is 3.51. The van der Waals surface area contributed by atoms with Gasteiger partial charge in [-0.25, -0.2) is 4.79 Å². The SMILES string of the molecule is Cc1ccccc1CNC(=O)Nc1cccc(C(C)C)c1. The molecule has 2 aromatic carbocycles. The molecular weight excluding hydrogens is 260 g/mol. The van der Waals surface area contributed by atoms with Gasteiger partial charge in [0.2, 0.25) is 0 Å². The number of benzene rings is 2. The number of nitrogens with one attached hydrogen (secondary N) is 2. The average molecular weight is 282 g/mol. The smallest absolute Gasteiger partial charge is 0.319 e. The van der Waals surface area contributed by atoms with Crippen LogP contribution in [0.15, 0.2) is 48.5 Å². The van der Waals surface area contributed by atoms with Gasteiger partial charge in [0.1, 0.15) is 0 Å². The van der Waals surface area contributed by atoms with E-state index in [4.69, 9.17) is 0 Å². The quantitative estimate of drug-likeness (QED) is 0.855. The Balaban J connectivity index is 1.93. The number of aryl methyl sites for hydroxylation is 1. The van der Waals surface area contributed by atoms with E-state index in [0.717, 1.165) is 11.3 Å². The standard InChI is InChI=1S/C18H22N2O/c1-13(2)15-9-6-10-17(11-15)20-18(21)19-12-16-8-5-4-7-14(16)3/h4-11,13H,12H2,1-3H3,(H2,19,20,21). The zero-order chi connectivity index (χ0) is 15.2. The van der Waals surface area contributed by atoms with Crippen LogP contribution in [-0.4, -0.2) is 6.03 Å². The van der Waals surface area contributed by atoms with Crippen molar-refractivity contribution in [3.8, 4) is 0 Å². The number of hydrogen-bond acceptors (Lipinski definition) is 1. The molecule has 2 amide bonds. The Kier molecular flexibility index (Phi) is 4.99. The van der Waals surface area contributed by atoms with Crippen molar-refractivity contribution in [2.75, 3.05) is 5.32 Å². The number of rotatable bonds is 4. The molecule has 0 atom stereocenters. The van der Waals surface area contributed by atoms with Crippen molar-refractivity contribution >= 4 is 11.7 Å². The van der Waals surface area contributed by atoms with E-state index in [2.05, 4.69) is 30.5 Å². The number of carbonyl (C=O) groups excluding carboxylic acids is 1. The van der Waals surface area contributed by atoms with E-state index in [9.17, 15) is 4.79 Å². The van der Waals surface area contributed by atoms with E-state index < -0.39 is 0 Å². The Morgan fingerprint density at radius 2 is 1.86 bits per heavy atom. The number of urea groups is 1. The molecule has 2 aromatic rings. The average Bonchev–Trinajstić information content (AvgIpc) is 2.46. The van der Waals surface area contributed by atoms with Crippen LogP contribution in [-0.2, 0) is 6.54 Å². The molecule has 0 fully saturated rings. The normalized spacial score (nSPS) is 10.5. The van der Waals surface area contributed by atoms with Crippen LogP contribution in [0.5, 0.6) is 0 Å². The van der Waals surface area contributed by atoms with Crippen molar-refractivity contribution in [3.63, 3.8) is 0 Å². The van der Waals surface area contributed by atoms with Gasteiger partial charge < -0.3 is 10.6 Å². The van der Waals surface area contributed by atoms with Gasteiger partial charge in [0, 0.05) is 12.2 Å². The van der Waals surface area contributed by atoms with Crippen LogP contribution in [0, 0.1) is 6.92 Å². The van der Waals surface area contributed by atoms with Crippen molar-refractivity contribution in [3.05, 3.63) is 65.2 Å². The molecule has 0 saturated heterocycles. The minimum Gasteiger partial charge on any atom is -0.334 e. The third kappa shape index (κ3) is 4.35. The number of carbonyl (C=O) groups is 1. The number of amides is 2. The first-order valence-corrected chi connectivity index (χ1v) is 7.25. The molecule has 3 nitrogen and oxygen atoms in total. The highest BCUT2D eigenvalue weighted by molar-refractivity contribution is 5.89. The lowest BCUT2D eigenvalue weighted by molar-refractivity contribution is 0.251. The molecule has 0 aliphatic rings. The summed E-state index contributed by atoms with van der Waals surface area (Å²) in [6.07, 6.45) is 0. The summed E-state index contributed by atoms with van der Waals surface area (Å²) in [5, 5.41) is 5.76. The Morgan fingerprint density at radius 1 is 1.10 bits per heavy atom. The summed E-state index contributed by atoms with van der Waals surface area (Å²) in [5.41, 5.74) is 4.35. The van der Waals surface area contributed by atoms with Crippen molar-refractivity contribution in [1.82, 2.24) is 5.32 Å². The summed E-state index contributed by atoms with van der Waals surface area (Å²) in [7, 11) is 0. The van der Waals surface area contributed by atoms with Gasteiger partial charge in [0.25, 0.3) is 0 Å². The molecule has 0 spiro atoms. The highest BCUT2D eigenvalue weighted by Gasteiger charge is 2.05. The molecule has 2 rings (SSSR count). The lowest BCUT2D eigenvalue weighted by atomic mass is 10.0. The second-order valence-corrected chi connectivity index (χ2v) is 5.51. The molecule has 0 radical (unpaired) electrons. The van der Waals surface area contributed by atoms with E-state index in [-0.39, 0.29) is 6.03 Å². The van der Waals surface area contributed by atoms with Gasteiger partial charge in [-0.1, -0.05) is 50.2 Å². The highest BCUT2D eigenvalue weighted by Crippen LogP contribution is 2.18. The fourth-order valence-electron chi connectivity index (χ4n) is 2.13. The van der Waals surface area contributed by atoms with Crippen LogP contribution < -0.4 is 10.6 Å². The maximum absolute atomic E-state index is 12.0. The van der Waals surface area contributed by atoms with Gasteiger partial charge in [-0.05, 0) is 41.7 Å². The minimum atomic E-state index is -0.181. The molecule has 0 heterocycles. The summed E-state index contributed by atoms with van der Waals surface area (Å²) in [6, 6.07) is 15.8. The van der Waals surface area contributed by atoms with Crippen LogP contribution in [0.3, 0.4) is 0 Å². The van der Waals surface area contributed by atoms with E-state index in [1.54, 1.807) is 0 Å². The predicted molar refractivity (Wildman–Crippen MR) is 87.6 cm³/mol. The molecule has 3 heteroatoms. The van der Waals surface area contributed by atoms with Crippen LogP contribution in [0.25, 0.3) is 0 Å². The fraction of sp³-hybridized carbons (Fsp3) is 0.278. The topological polar surface area (TPSA) is 41.1 Å². The van der Waals surface area contributed by atoms with Gasteiger partial charge in [-0.2, -0.15) is 0 Å². The van der Waals surface area contributed by atoms with Gasteiger partial charge in [0.05, 0.1) is 0 Å². The van der Waals surface area contributed by atoms with E-state index in [0.29, 0.717) is 12.5 Å². The number of anilines is 1. The molecule has 0 unspecified atom stereocenters. The maximum Gasteiger partial charge on any atom is 0.319 e. The molecule has 0 aliphatic heterocycles. The van der Waals surface area contributed by atoms with Gasteiger partial charge >= 0.3 is 6.03 Å². The van der Waals surface area contributed by atoms with Crippen LogP contribution in [0.2, 0.25) is 0 Å². The van der Waals surface area contributed by atoms with E-state index >= 15 is 0 Å². The Bertz CT molecular complexity index is 620. The first kappa shape index (κ1) is 15.1. The first-order valence-electron chi connectivity index (χ1n) is 7.25. The van der Waals surface area contributed by atoms with E-state index in [1.165, 1.54) is 11.1 Å². The molecule has 0 bridgehead atoms. The molecule has 2 N–H and O–H groups in total. The predicted octanol–water partition coefficient (Wildman–Crippen LogP) is 4.44. The van der Waals surface area contributed by atoms with Gasteiger partial charge in [0.15, 0.2) is 0 Å². The Morgan fingerprint density at radius 3 is 2.57 bits per heavy atom. The van der Waals surface area contributed by atoms with Crippen molar-refractivity contribution < 1.29 is 4.79 Å². The zero-order valence-corrected chi connectivity index (χ0v) is 12.8. The summed E-state index contributed by atoms with van der Waals surface area (Å²) in [6.45, 7) is 6.85. The monoisotopic (exact) mass is 282 g/mol. The molecule has 21 heavy (non-hydrogen) atoms. The largest absolute Gasteiger partial charge is 0.334 e.